The molecule has 0 aromatic carbocycles. The summed E-state index contributed by atoms with van der Waals surface area (Å²) in [7, 11) is 2.20. The van der Waals surface area contributed by atoms with Gasteiger partial charge >= 0.3 is 8.80 Å². The summed E-state index contributed by atoms with van der Waals surface area (Å²) in [5.74, 6) is 0. The van der Waals surface area contributed by atoms with Crippen LogP contribution < -0.4 is 0 Å². The number of hydrogen-bond donors (Lipinski definition) is 0. The van der Waals surface area contributed by atoms with Crippen molar-refractivity contribution in [1.82, 2.24) is 0 Å². The summed E-state index contributed by atoms with van der Waals surface area (Å²) in [6.45, 7) is 5.56. The molecule has 0 fully saturated rings. The van der Waals surface area contributed by atoms with Gasteiger partial charge in [-0.15, -0.1) is 0 Å². The van der Waals surface area contributed by atoms with E-state index in [0.717, 1.165) is 5.20 Å². The smallest absolute Gasteiger partial charge is 0.374 e. The molecular weight excluding hydrogens is 148 g/mol. The zero-order valence-corrected chi connectivity index (χ0v) is 7.93. The van der Waals surface area contributed by atoms with E-state index in [0.29, 0.717) is 0 Å². The Hall–Kier alpha value is -0.163. The third-order valence-electron chi connectivity index (χ3n) is 1.33. The van der Waals surface area contributed by atoms with Crippen LogP contribution in [0.4, 0.5) is 0 Å². The van der Waals surface area contributed by atoms with Crippen molar-refractivity contribution in [2.45, 2.75) is 6.92 Å². The molecule has 60 valence electrons. The van der Waals surface area contributed by atoms with Gasteiger partial charge in [-0.3, -0.25) is 0 Å². The second kappa shape index (κ2) is 3.87. The zero-order valence-electron chi connectivity index (χ0n) is 6.93. The first-order valence-corrected chi connectivity index (χ1v) is 4.67. The van der Waals surface area contributed by atoms with Crippen molar-refractivity contribution in [1.29, 1.82) is 0 Å². The Morgan fingerprint density at radius 3 is 1.40 bits per heavy atom. The van der Waals surface area contributed by atoms with E-state index in [1.165, 1.54) is 0 Å². The Bertz CT molecular complexity index is 112. The van der Waals surface area contributed by atoms with Crippen molar-refractivity contribution >= 4 is 8.80 Å². The molecule has 0 aliphatic heterocycles. The molecule has 0 heterocycles. The highest BCUT2D eigenvalue weighted by Crippen LogP contribution is 2.14. The predicted octanol–water partition coefficient (Wildman–Crippen LogP) is 0.980. The van der Waals surface area contributed by atoms with Crippen LogP contribution in [0.5, 0.6) is 0 Å². The molecule has 0 radical (unpaired) electrons. The molecule has 0 saturated carbocycles. The Balaban J connectivity index is 4.31. The number of hydrogen-bond acceptors (Lipinski definition) is 3. The standard InChI is InChI=1S/C6H14O3Si/c1-6(2)10(7-3,8-4)9-5/h1H2,2-5H3. The summed E-state index contributed by atoms with van der Waals surface area (Å²) in [5, 5.41) is 0.819. The molecule has 0 amide bonds. The highest BCUT2D eigenvalue weighted by atomic mass is 28.4. The summed E-state index contributed by atoms with van der Waals surface area (Å²) < 4.78 is 15.3. The van der Waals surface area contributed by atoms with Gasteiger partial charge < -0.3 is 13.3 Å². The average molecular weight is 162 g/mol. The van der Waals surface area contributed by atoms with Gasteiger partial charge in [0.25, 0.3) is 0 Å². The van der Waals surface area contributed by atoms with Crippen LogP contribution >= 0.6 is 0 Å². The fourth-order valence-electron chi connectivity index (χ4n) is 0.773. The molecule has 0 aliphatic carbocycles. The van der Waals surface area contributed by atoms with E-state index < -0.39 is 8.80 Å². The molecule has 0 unspecified atom stereocenters. The lowest BCUT2D eigenvalue weighted by atomic mass is 10.8. The van der Waals surface area contributed by atoms with E-state index in [9.17, 15) is 0 Å². The van der Waals surface area contributed by atoms with E-state index in [2.05, 4.69) is 6.58 Å². The monoisotopic (exact) mass is 162 g/mol. The Morgan fingerprint density at radius 2 is 1.40 bits per heavy atom. The molecule has 3 nitrogen and oxygen atoms in total. The average Bonchev–Trinajstić information content (AvgIpc) is 1.92. The van der Waals surface area contributed by atoms with E-state index in [-0.39, 0.29) is 0 Å². The maximum absolute atomic E-state index is 5.09. The van der Waals surface area contributed by atoms with Crippen LogP contribution in [0.3, 0.4) is 0 Å². The number of allylic oxidation sites excluding steroid dienone is 1. The molecule has 0 bridgehead atoms. The Morgan fingerprint density at radius 1 is 1.10 bits per heavy atom. The fraction of sp³-hybridized carbons (Fsp3) is 0.667. The van der Waals surface area contributed by atoms with Gasteiger partial charge in [-0.1, -0.05) is 6.58 Å². The Labute approximate surface area is 63.0 Å². The van der Waals surface area contributed by atoms with Gasteiger partial charge in [0.1, 0.15) is 0 Å². The highest BCUT2D eigenvalue weighted by Gasteiger charge is 2.38. The second-order valence-corrected chi connectivity index (χ2v) is 5.14. The topological polar surface area (TPSA) is 27.7 Å². The summed E-state index contributed by atoms with van der Waals surface area (Å²) in [6.07, 6.45) is 0. The van der Waals surface area contributed by atoms with Crippen molar-refractivity contribution in [2.24, 2.45) is 0 Å². The highest BCUT2D eigenvalue weighted by molar-refractivity contribution is 6.68. The van der Waals surface area contributed by atoms with Gasteiger partial charge in [0.2, 0.25) is 0 Å². The Kier molecular flexibility index (Phi) is 3.81. The molecule has 0 rings (SSSR count). The van der Waals surface area contributed by atoms with Gasteiger partial charge in [-0.2, -0.15) is 0 Å². The third-order valence-corrected chi connectivity index (χ3v) is 3.99. The second-order valence-electron chi connectivity index (χ2n) is 1.95. The molecule has 0 atom stereocenters. The summed E-state index contributed by atoms with van der Waals surface area (Å²) >= 11 is 0. The minimum Gasteiger partial charge on any atom is -0.374 e. The lowest BCUT2D eigenvalue weighted by molar-refractivity contribution is 0.134. The maximum Gasteiger partial charge on any atom is 0.531 e. The normalized spacial score (nSPS) is 11.6. The van der Waals surface area contributed by atoms with Gasteiger partial charge in [0, 0.05) is 21.3 Å². The summed E-state index contributed by atoms with van der Waals surface area (Å²) in [5.41, 5.74) is 0. The lowest BCUT2D eigenvalue weighted by Gasteiger charge is -2.23. The van der Waals surface area contributed by atoms with Crippen molar-refractivity contribution < 1.29 is 13.3 Å². The third kappa shape index (κ3) is 1.66. The quantitative estimate of drug-likeness (QED) is 0.577. The van der Waals surface area contributed by atoms with Crippen molar-refractivity contribution in [3.05, 3.63) is 11.8 Å². The maximum atomic E-state index is 5.09. The van der Waals surface area contributed by atoms with E-state index >= 15 is 0 Å². The summed E-state index contributed by atoms with van der Waals surface area (Å²) in [4.78, 5) is 0. The van der Waals surface area contributed by atoms with E-state index in [1.807, 2.05) is 6.92 Å². The largest absolute Gasteiger partial charge is 0.531 e. The molecule has 0 aliphatic rings. The number of rotatable bonds is 4. The first kappa shape index (κ1) is 9.84. The first-order chi connectivity index (χ1) is 4.63. The van der Waals surface area contributed by atoms with Crippen molar-refractivity contribution in [3.63, 3.8) is 0 Å². The van der Waals surface area contributed by atoms with Crippen LogP contribution in [0, 0.1) is 0 Å². The molecule has 4 heteroatoms. The predicted molar refractivity (Wildman–Crippen MR) is 41.6 cm³/mol. The molecule has 0 aromatic heterocycles. The van der Waals surface area contributed by atoms with Crippen LogP contribution in [0.25, 0.3) is 0 Å². The molecule has 0 saturated heterocycles. The summed E-state index contributed by atoms with van der Waals surface area (Å²) in [6, 6.07) is 0. The van der Waals surface area contributed by atoms with Gasteiger partial charge in [-0.05, 0) is 12.1 Å². The zero-order chi connectivity index (χ0) is 8.20. The first-order valence-electron chi connectivity index (χ1n) is 2.94. The lowest BCUT2D eigenvalue weighted by Crippen LogP contribution is -2.44. The van der Waals surface area contributed by atoms with E-state index in [1.54, 1.807) is 21.3 Å². The van der Waals surface area contributed by atoms with Crippen LogP contribution in [0.2, 0.25) is 0 Å². The van der Waals surface area contributed by atoms with Crippen LogP contribution in [-0.2, 0) is 13.3 Å². The van der Waals surface area contributed by atoms with Gasteiger partial charge in [-0.25, -0.2) is 0 Å². The van der Waals surface area contributed by atoms with E-state index in [4.69, 9.17) is 13.3 Å². The minimum atomic E-state index is -2.49. The van der Waals surface area contributed by atoms with Gasteiger partial charge in [0.05, 0.1) is 0 Å². The van der Waals surface area contributed by atoms with Crippen LogP contribution in [0.15, 0.2) is 11.8 Å². The SMILES string of the molecule is C=C(C)[Si](OC)(OC)OC. The van der Waals surface area contributed by atoms with Crippen LogP contribution in [0.1, 0.15) is 6.92 Å². The molecule has 0 aromatic rings. The van der Waals surface area contributed by atoms with Crippen molar-refractivity contribution in [3.8, 4) is 0 Å². The fourth-order valence-corrected chi connectivity index (χ4v) is 2.32. The van der Waals surface area contributed by atoms with Crippen molar-refractivity contribution in [2.75, 3.05) is 21.3 Å². The minimum absolute atomic E-state index is 0.819. The molecule has 10 heavy (non-hydrogen) atoms. The molecular formula is C6H14O3Si. The van der Waals surface area contributed by atoms with Crippen LogP contribution in [-0.4, -0.2) is 30.1 Å². The molecule has 0 spiro atoms. The van der Waals surface area contributed by atoms with Gasteiger partial charge in [0.15, 0.2) is 0 Å². The molecule has 0 N–H and O–H groups in total.